The average Bonchev–Trinajstić information content (AvgIpc) is 3.67. The monoisotopic (exact) mass is 834 g/mol. The van der Waals surface area contributed by atoms with Crippen molar-refractivity contribution >= 4 is 46.2 Å². The number of fused-ring (bicyclic) bond motifs is 4. The molecule has 8 rings (SSSR count). The van der Waals surface area contributed by atoms with E-state index in [0.717, 1.165) is 62.2 Å². The van der Waals surface area contributed by atoms with Gasteiger partial charge in [0.1, 0.15) is 5.58 Å². The zero-order chi connectivity index (χ0) is 33.3. The third-order valence-corrected chi connectivity index (χ3v) is 10.8. The van der Waals surface area contributed by atoms with Gasteiger partial charge in [-0.15, -0.1) is 54.1 Å². The fourth-order valence-electron chi connectivity index (χ4n) is 6.32. The smallest absolute Gasteiger partial charge is 0.120 e. The molecule has 8 aromatic rings. The summed E-state index contributed by atoms with van der Waals surface area (Å²) in [5.74, 6) is 1.41. The van der Waals surface area contributed by atoms with E-state index in [0.29, 0.717) is 5.92 Å². The molecule has 0 spiro atoms. The maximum atomic E-state index is 6.25. The van der Waals surface area contributed by atoms with Gasteiger partial charge in [0, 0.05) is 38.2 Å². The van der Waals surface area contributed by atoms with E-state index < -0.39 is 8.07 Å². The van der Waals surface area contributed by atoms with Gasteiger partial charge in [0.25, 0.3) is 0 Å². The van der Waals surface area contributed by atoms with E-state index in [1.54, 1.807) is 0 Å². The number of hydrogen-bond acceptors (Lipinski definition) is 3. The first-order chi connectivity index (χ1) is 23.3. The molecule has 0 aliphatic rings. The number of imidazole rings is 1. The Kier molecular flexibility index (Phi) is 10.1. The van der Waals surface area contributed by atoms with Gasteiger partial charge in [-0.2, -0.15) is 0 Å². The largest absolute Gasteiger partial charge is 0.501 e. The predicted octanol–water partition coefficient (Wildman–Crippen LogP) is 10.7. The Balaban J connectivity index is 0.000000183. The summed E-state index contributed by atoms with van der Waals surface area (Å²) in [6, 6.07) is 47.8. The topological polar surface area (TPSA) is 43.9 Å². The summed E-state index contributed by atoms with van der Waals surface area (Å²) in [5.41, 5.74) is 9.47. The summed E-state index contributed by atoms with van der Waals surface area (Å²) >= 11 is 0. The molecule has 0 N–H and O–H groups in total. The molecule has 0 unspecified atom stereocenters. The Morgan fingerprint density at radius 3 is 2.27 bits per heavy atom. The molecule has 4 nitrogen and oxygen atoms in total. The van der Waals surface area contributed by atoms with Crippen LogP contribution in [0.15, 0.2) is 132 Å². The summed E-state index contributed by atoms with van der Waals surface area (Å²) in [4.78, 5) is 9.63. The Bertz CT molecular complexity index is 2340. The number of rotatable bonds is 6. The molecule has 49 heavy (non-hydrogen) atoms. The van der Waals surface area contributed by atoms with Crippen LogP contribution in [0.25, 0.3) is 55.6 Å². The van der Waals surface area contributed by atoms with Crippen LogP contribution in [0.5, 0.6) is 0 Å². The molecular formula is C43H39IrN3OSi-2. The standard InChI is InChI=1S/C26H17N2O.C17H22NSi.Ir/c1-2-9-18(10-3-1)17-28-23-15-6-5-14-22(23)27-26(28)21-13-8-12-20-19-11-4-7-16-24(19)29-25(20)21;1-13(2)15-11-16(14-9-7-6-8-10-14)18-12-17(15)19(3,4)5;/h1-12,14-16H,17H2;6-9,11-13H,1-5H3;/q2*-1;. The third-order valence-electron chi connectivity index (χ3n) is 8.75. The normalized spacial score (nSPS) is 11.5. The van der Waals surface area contributed by atoms with Gasteiger partial charge in [-0.05, 0) is 40.6 Å². The van der Waals surface area contributed by atoms with E-state index in [1.807, 2.05) is 54.6 Å². The van der Waals surface area contributed by atoms with Crippen molar-refractivity contribution in [1.29, 1.82) is 0 Å². The second-order valence-corrected chi connectivity index (χ2v) is 18.6. The van der Waals surface area contributed by atoms with Crippen molar-refractivity contribution in [1.82, 2.24) is 14.5 Å². The molecule has 0 fully saturated rings. The molecule has 3 aromatic heterocycles. The summed E-state index contributed by atoms with van der Waals surface area (Å²) < 4.78 is 8.51. The van der Waals surface area contributed by atoms with Crippen molar-refractivity contribution in [2.45, 2.75) is 46.0 Å². The van der Waals surface area contributed by atoms with Crippen molar-refractivity contribution in [3.05, 3.63) is 151 Å². The van der Waals surface area contributed by atoms with Crippen LogP contribution in [-0.4, -0.2) is 22.6 Å². The molecule has 0 atom stereocenters. The van der Waals surface area contributed by atoms with Crippen LogP contribution in [-0.2, 0) is 26.7 Å². The molecule has 5 aromatic carbocycles. The molecule has 247 valence electrons. The number of benzene rings is 5. The van der Waals surface area contributed by atoms with E-state index in [-0.39, 0.29) is 20.1 Å². The molecule has 0 amide bonds. The van der Waals surface area contributed by atoms with Crippen LogP contribution >= 0.6 is 0 Å². The van der Waals surface area contributed by atoms with Gasteiger partial charge in [0.15, 0.2) is 0 Å². The maximum absolute atomic E-state index is 6.25. The molecule has 0 bridgehead atoms. The first kappa shape index (κ1) is 34.3. The Labute approximate surface area is 303 Å². The molecule has 1 radical (unpaired) electrons. The van der Waals surface area contributed by atoms with Crippen LogP contribution in [0, 0.1) is 12.1 Å². The van der Waals surface area contributed by atoms with Gasteiger partial charge < -0.3 is 14.0 Å². The average molecular weight is 834 g/mol. The molecule has 0 aliphatic carbocycles. The van der Waals surface area contributed by atoms with Gasteiger partial charge in [-0.25, -0.2) is 0 Å². The fraction of sp³-hybridized carbons (Fsp3) is 0.163. The minimum absolute atomic E-state index is 0. The molecule has 3 heterocycles. The number of nitrogens with zero attached hydrogens (tertiary/aromatic N) is 3. The van der Waals surface area contributed by atoms with E-state index in [2.05, 4.69) is 128 Å². The zero-order valence-electron chi connectivity index (χ0n) is 28.5. The Morgan fingerprint density at radius 2 is 1.51 bits per heavy atom. The van der Waals surface area contributed by atoms with Gasteiger partial charge >= 0.3 is 0 Å². The minimum Gasteiger partial charge on any atom is -0.501 e. The first-order valence-corrected chi connectivity index (χ1v) is 20.1. The van der Waals surface area contributed by atoms with Gasteiger partial charge in [-0.3, -0.25) is 4.98 Å². The van der Waals surface area contributed by atoms with Gasteiger partial charge in [0.05, 0.1) is 30.5 Å². The van der Waals surface area contributed by atoms with Gasteiger partial charge in [-0.1, -0.05) is 117 Å². The second-order valence-electron chi connectivity index (χ2n) is 13.5. The predicted molar refractivity (Wildman–Crippen MR) is 202 cm³/mol. The molecular weight excluding hydrogens is 795 g/mol. The van der Waals surface area contributed by atoms with Crippen LogP contribution in [0.3, 0.4) is 0 Å². The van der Waals surface area contributed by atoms with Crippen molar-refractivity contribution in [3.63, 3.8) is 0 Å². The van der Waals surface area contributed by atoms with E-state index in [4.69, 9.17) is 9.40 Å². The summed E-state index contributed by atoms with van der Waals surface area (Å²) in [6.07, 6.45) is 2.09. The SMILES string of the molecule is CC(C)c1cc(-c2[c-]cccc2)ncc1[Si](C)(C)C.[Ir].[c-]1ccc2c(oc3ccccc32)c1-c1nc2ccccc2n1Cc1ccccc1. The minimum atomic E-state index is -1.34. The van der Waals surface area contributed by atoms with Crippen LogP contribution < -0.4 is 5.19 Å². The summed E-state index contributed by atoms with van der Waals surface area (Å²) in [6.45, 7) is 12.4. The quantitative estimate of drug-likeness (QED) is 0.124. The summed E-state index contributed by atoms with van der Waals surface area (Å²) in [5, 5.41) is 3.68. The molecule has 0 saturated heterocycles. The van der Waals surface area contributed by atoms with Crippen LogP contribution in [0.4, 0.5) is 0 Å². The van der Waals surface area contributed by atoms with Crippen LogP contribution in [0.1, 0.15) is 30.9 Å². The van der Waals surface area contributed by atoms with Crippen molar-refractivity contribution in [2.75, 3.05) is 0 Å². The molecule has 0 aliphatic heterocycles. The number of furan rings is 1. The second kappa shape index (κ2) is 14.5. The van der Waals surface area contributed by atoms with E-state index in [9.17, 15) is 0 Å². The van der Waals surface area contributed by atoms with Crippen molar-refractivity contribution in [2.24, 2.45) is 0 Å². The maximum Gasteiger partial charge on any atom is 0.120 e. The zero-order valence-corrected chi connectivity index (χ0v) is 31.9. The van der Waals surface area contributed by atoms with Gasteiger partial charge in [0.2, 0.25) is 0 Å². The Morgan fingerprint density at radius 1 is 0.776 bits per heavy atom. The van der Waals surface area contributed by atoms with Crippen LogP contribution in [0.2, 0.25) is 19.6 Å². The molecule has 6 heteroatoms. The number of para-hydroxylation sites is 3. The van der Waals surface area contributed by atoms with Crippen molar-refractivity contribution < 1.29 is 24.5 Å². The van der Waals surface area contributed by atoms with E-state index in [1.165, 1.54) is 16.3 Å². The van der Waals surface area contributed by atoms with E-state index >= 15 is 0 Å². The third kappa shape index (κ3) is 7.09. The summed E-state index contributed by atoms with van der Waals surface area (Å²) in [7, 11) is -1.34. The number of pyridine rings is 1. The Hall–Kier alpha value is -4.61. The number of hydrogen-bond donors (Lipinski definition) is 0. The number of aromatic nitrogens is 3. The fourth-order valence-corrected chi connectivity index (χ4v) is 8.00. The first-order valence-electron chi connectivity index (χ1n) is 16.6. The van der Waals surface area contributed by atoms with Crippen molar-refractivity contribution in [3.8, 4) is 22.6 Å². The molecule has 0 saturated carbocycles.